The van der Waals surface area contributed by atoms with Crippen LogP contribution in [0.5, 0.6) is 11.5 Å². The Kier molecular flexibility index (Phi) is 9.08. The molecule has 35 heavy (non-hydrogen) atoms. The molecule has 188 valence electrons. The maximum Gasteiger partial charge on any atom is 0.318 e. The molecular formula is C26H34N4O5. The number of hydrogen-bond acceptors (Lipinski definition) is 6. The van der Waals surface area contributed by atoms with Gasteiger partial charge < -0.3 is 24.4 Å². The van der Waals surface area contributed by atoms with Crippen LogP contribution in [0.3, 0.4) is 0 Å². The van der Waals surface area contributed by atoms with Gasteiger partial charge in [-0.05, 0) is 31.5 Å². The Hall–Kier alpha value is -3.59. The first kappa shape index (κ1) is 26.0. The van der Waals surface area contributed by atoms with Crippen LogP contribution in [-0.4, -0.2) is 74.6 Å². The van der Waals surface area contributed by atoms with Gasteiger partial charge in [-0.3, -0.25) is 4.79 Å². The molecule has 2 aromatic rings. The molecule has 1 N–H and O–H groups in total. The molecule has 0 radical (unpaired) electrons. The Bertz CT molecular complexity index is 1040. The van der Waals surface area contributed by atoms with Crippen molar-refractivity contribution in [3.63, 3.8) is 0 Å². The van der Waals surface area contributed by atoms with E-state index in [2.05, 4.69) is 5.32 Å². The SMILES string of the molecule is COCCN(CC(=O)N1N=C(c2ccc(OC)cc2OC)C[C@@H]1c1ccccc1)C(=O)NC(C)C. The summed E-state index contributed by atoms with van der Waals surface area (Å²) in [6, 6.07) is 14.6. The molecule has 0 aliphatic carbocycles. The fourth-order valence-corrected chi connectivity index (χ4v) is 3.90. The smallest absolute Gasteiger partial charge is 0.318 e. The number of nitrogens with one attached hydrogen (secondary N) is 1. The van der Waals surface area contributed by atoms with Crippen LogP contribution in [-0.2, 0) is 9.53 Å². The summed E-state index contributed by atoms with van der Waals surface area (Å²) in [5.41, 5.74) is 2.47. The molecule has 0 saturated heterocycles. The first-order valence-electron chi connectivity index (χ1n) is 11.6. The maximum absolute atomic E-state index is 13.5. The third-order valence-electron chi connectivity index (χ3n) is 5.66. The van der Waals surface area contributed by atoms with Crippen LogP contribution in [0.15, 0.2) is 53.6 Å². The molecule has 2 aromatic carbocycles. The van der Waals surface area contributed by atoms with Crippen molar-refractivity contribution >= 4 is 17.6 Å². The normalized spacial score (nSPS) is 15.1. The van der Waals surface area contributed by atoms with E-state index in [4.69, 9.17) is 19.3 Å². The van der Waals surface area contributed by atoms with Crippen molar-refractivity contribution in [2.75, 3.05) is 41.0 Å². The number of urea groups is 1. The van der Waals surface area contributed by atoms with E-state index in [-0.39, 0.29) is 37.1 Å². The molecule has 1 atom stereocenters. The fourth-order valence-electron chi connectivity index (χ4n) is 3.90. The van der Waals surface area contributed by atoms with E-state index >= 15 is 0 Å². The van der Waals surface area contributed by atoms with E-state index in [9.17, 15) is 9.59 Å². The second-order valence-electron chi connectivity index (χ2n) is 8.50. The van der Waals surface area contributed by atoms with E-state index < -0.39 is 0 Å². The second-order valence-corrected chi connectivity index (χ2v) is 8.50. The molecule has 3 rings (SSSR count). The second kappa shape index (κ2) is 12.2. The first-order chi connectivity index (χ1) is 16.9. The van der Waals surface area contributed by atoms with E-state index in [0.29, 0.717) is 24.5 Å². The van der Waals surface area contributed by atoms with Gasteiger partial charge in [0.15, 0.2) is 0 Å². The summed E-state index contributed by atoms with van der Waals surface area (Å²) >= 11 is 0. The van der Waals surface area contributed by atoms with Crippen molar-refractivity contribution in [2.24, 2.45) is 5.10 Å². The first-order valence-corrected chi connectivity index (χ1v) is 11.6. The molecule has 9 heteroatoms. The van der Waals surface area contributed by atoms with Crippen molar-refractivity contribution in [2.45, 2.75) is 32.4 Å². The van der Waals surface area contributed by atoms with Gasteiger partial charge in [-0.25, -0.2) is 9.80 Å². The Morgan fingerprint density at radius 3 is 2.49 bits per heavy atom. The van der Waals surface area contributed by atoms with Crippen LogP contribution < -0.4 is 14.8 Å². The van der Waals surface area contributed by atoms with Crippen LogP contribution in [0.25, 0.3) is 0 Å². The molecule has 1 aliphatic heterocycles. The maximum atomic E-state index is 13.5. The molecule has 3 amide bonds. The zero-order valence-corrected chi connectivity index (χ0v) is 21.0. The molecule has 0 bridgehead atoms. The molecule has 0 saturated carbocycles. The summed E-state index contributed by atoms with van der Waals surface area (Å²) in [6.45, 7) is 4.23. The predicted octanol–water partition coefficient (Wildman–Crippen LogP) is 3.45. The standard InChI is InChI=1S/C26H34N4O5/c1-18(2)27-26(32)29(13-14-33-3)17-25(31)30-23(19-9-7-6-8-10-19)16-22(28-30)21-12-11-20(34-4)15-24(21)35-5/h6-12,15,18,23H,13-14,16-17H2,1-5H3,(H,27,32)/t23-/m1/s1. The fraction of sp³-hybridized carbons (Fsp3) is 0.423. The van der Waals surface area contributed by atoms with Gasteiger partial charge in [-0.1, -0.05) is 30.3 Å². The lowest BCUT2D eigenvalue weighted by atomic mass is 9.98. The van der Waals surface area contributed by atoms with Gasteiger partial charge in [0.05, 0.1) is 32.6 Å². The molecule has 1 heterocycles. The van der Waals surface area contributed by atoms with Crippen molar-refractivity contribution in [1.82, 2.24) is 15.2 Å². The van der Waals surface area contributed by atoms with Gasteiger partial charge in [0.1, 0.15) is 18.0 Å². The highest BCUT2D eigenvalue weighted by molar-refractivity contribution is 6.05. The largest absolute Gasteiger partial charge is 0.497 e. The Morgan fingerprint density at radius 1 is 1.11 bits per heavy atom. The molecule has 0 fully saturated rings. The Labute approximate surface area is 206 Å². The number of nitrogens with zero attached hydrogens (tertiary/aromatic N) is 3. The van der Waals surface area contributed by atoms with E-state index in [1.807, 2.05) is 56.3 Å². The number of carbonyl (C=O) groups is 2. The minimum absolute atomic E-state index is 0.0568. The monoisotopic (exact) mass is 482 g/mol. The van der Waals surface area contributed by atoms with Crippen molar-refractivity contribution in [3.8, 4) is 11.5 Å². The van der Waals surface area contributed by atoms with Crippen molar-refractivity contribution < 1.29 is 23.8 Å². The molecular weight excluding hydrogens is 448 g/mol. The third kappa shape index (κ3) is 6.51. The number of hydrazone groups is 1. The average Bonchev–Trinajstić information content (AvgIpc) is 3.31. The number of hydrogen-bond donors (Lipinski definition) is 1. The van der Waals surface area contributed by atoms with Gasteiger partial charge >= 0.3 is 6.03 Å². The summed E-state index contributed by atoms with van der Waals surface area (Å²) in [6.07, 6.45) is 0.509. The van der Waals surface area contributed by atoms with E-state index in [1.54, 1.807) is 27.4 Å². The van der Waals surface area contributed by atoms with Crippen LogP contribution >= 0.6 is 0 Å². The molecule has 0 unspecified atom stereocenters. The molecule has 1 aliphatic rings. The number of carbonyl (C=O) groups excluding carboxylic acids is 2. The summed E-state index contributed by atoms with van der Waals surface area (Å²) in [5.74, 6) is 1.00. The minimum atomic E-state index is -0.318. The van der Waals surface area contributed by atoms with Crippen LogP contribution in [0.4, 0.5) is 4.79 Å². The highest BCUT2D eigenvalue weighted by atomic mass is 16.5. The topological polar surface area (TPSA) is 92.7 Å². The van der Waals surface area contributed by atoms with Gasteiger partial charge in [0, 0.05) is 37.7 Å². The third-order valence-corrected chi connectivity index (χ3v) is 5.66. The number of methoxy groups -OCH3 is 3. The Balaban J connectivity index is 1.92. The summed E-state index contributed by atoms with van der Waals surface area (Å²) in [7, 11) is 4.75. The molecule has 9 nitrogen and oxygen atoms in total. The summed E-state index contributed by atoms with van der Waals surface area (Å²) in [5, 5.41) is 9.05. The highest BCUT2D eigenvalue weighted by Gasteiger charge is 2.35. The minimum Gasteiger partial charge on any atom is -0.497 e. The van der Waals surface area contributed by atoms with Crippen LogP contribution in [0.1, 0.15) is 37.4 Å². The summed E-state index contributed by atoms with van der Waals surface area (Å²) < 4.78 is 16.0. The van der Waals surface area contributed by atoms with Crippen molar-refractivity contribution in [3.05, 3.63) is 59.7 Å². The quantitative estimate of drug-likeness (QED) is 0.560. The van der Waals surface area contributed by atoms with Gasteiger partial charge in [0.25, 0.3) is 5.91 Å². The van der Waals surface area contributed by atoms with Gasteiger partial charge in [-0.15, -0.1) is 0 Å². The Morgan fingerprint density at radius 2 is 1.86 bits per heavy atom. The zero-order valence-electron chi connectivity index (χ0n) is 21.0. The lowest BCUT2D eigenvalue weighted by Crippen LogP contribution is -2.48. The zero-order chi connectivity index (χ0) is 25.4. The summed E-state index contributed by atoms with van der Waals surface area (Å²) in [4.78, 5) is 27.7. The predicted molar refractivity (Wildman–Crippen MR) is 134 cm³/mol. The van der Waals surface area contributed by atoms with Crippen molar-refractivity contribution in [1.29, 1.82) is 0 Å². The lowest BCUT2D eigenvalue weighted by Gasteiger charge is -2.27. The lowest BCUT2D eigenvalue weighted by molar-refractivity contribution is -0.133. The van der Waals surface area contributed by atoms with Gasteiger partial charge in [-0.2, -0.15) is 5.10 Å². The number of amides is 3. The van der Waals surface area contributed by atoms with Gasteiger partial charge in [0.2, 0.25) is 0 Å². The highest BCUT2D eigenvalue weighted by Crippen LogP contribution is 2.36. The van der Waals surface area contributed by atoms with Crippen LogP contribution in [0, 0.1) is 0 Å². The number of ether oxygens (including phenoxy) is 3. The van der Waals surface area contributed by atoms with E-state index in [0.717, 1.165) is 16.8 Å². The van der Waals surface area contributed by atoms with E-state index in [1.165, 1.54) is 9.91 Å². The number of rotatable bonds is 10. The average molecular weight is 483 g/mol. The molecule has 0 aromatic heterocycles. The number of benzene rings is 2. The van der Waals surface area contributed by atoms with Crippen LogP contribution in [0.2, 0.25) is 0 Å². The molecule has 0 spiro atoms.